The van der Waals surface area contributed by atoms with Gasteiger partial charge < -0.3 is 5.32 Å². The van der Waals surface area contributed by atoms with Crippen LogP contribution >= 0.6 is 11.3 Å². The molecule has 1 aromatic rings. The van der Waals surface area contributed by atoms with Crippen molar-refractivity contribution in [3.63, 3.8) is 0 Å². The van der Waals surface area contributed by atoms with Gasteiger partial charge in [0.1, 0.15) is 0 Å². The van der Waals surface area contributed by atoms with Gasteiger partial charge in [-0.2, -0.15) is 0 Å². The van der Waals surface area contributed by atoms with Crippen LogP contribution < -0.4 is 5.32 Å². The van der Waals surface area contributed by atoms with Gasteiger partial charge in [0.05, 0.1) is 10.6 Å². The van der Waals surface area contributed by atoms with Crippen molar-refractivity contribution in [2.45, 2.75) is 20.3 Å². The molecule has 0 saturated carbocycles. The topological polar surface area (TPSA) is 24.9 Å². The second-order valence-corrected chi connectivity index (χ2v) is 3.86. The van der Waals surface area contributed by atoms with Crippen molar-refractivity contribution in [1.29, 1.82) is 0 Å². The zero-order chi connectivity index (χ0) is 10.4. The summed E-state index contributed by atoms with van der Waals surface area (Å²) in [6.45, 7) is 4.14. The number of thiazole rings is 1. The van der Waals surface area contributed by atoms with Crippen LogP contribution in [-0.2, 0) is 0 Å². The average Bonchev–Trinajstić information content (AvgIpc) is 2.58. The first kappa shape index (κ1) is 11.0. The minimum absolute atomic E-state index is 0.967. The Bertz CT molecular complexity index is 337. The molecule has 1 rings (SSSR count). The van der Waals surface area contributed by atoms with Crippen LogP contribution in [0.1, 0.15) is 30.8 Å². The lowest BCUT2D eigenvalue weighted by Gasteiger charge is -1.87. The number of allylic oxidation sites excluding steroid dienone is 2. The Kier molecular flexibility index (Phi) is 4.40. The molecule has 0 aromatic carbocycles. The lowest BCUT2D eigenvalue weighted by Crippen LogP contribution is -1.85. The molecule has 3 heteroatoms. The first-order valence-electron chi connectivity index (χ1n) is 4.79. The van der Waals surface area contributed by atoms with E-state index < -0.39 is 0 Å². The molecule has 0 fully saturated rings. The molecule has 0 saturated heterocycles. The maximum atomic E-state index is 4.45. The van der Waals surface area contributed by atoms with E-state index in [0.717, 1.165) is 17.2 Å². The van der Waals surface area contributed by atoms with E-state index in [1.165, 1.54) is 4.88 Å². The maximum absolute atomic E-state index is 4.45. The highest BCUT2D eigenvalue weighted by molar-refractivity contribution is 7.16. The van der Waals surface area contributed by atoms with E-state index in [1.807, 2.05) is 20.0 Å². The summed E-state index contributed by atoms with van der Waals surface area (Å²) in [5.41, 5.74) is 1.05. The number of hydrogen-bond donors (Lipinski definition) is 1. The van der Waals surface area contributed by atoms with E-state index in [4.69, 9.17) is 0 Å². The van der Waals surface area contributed by atoms with Crippen molar-refractivity contribution in [2.24, 2.45) is 0 Å². The smallest absolute Gasteiger partial charge is 0.183 e. The van der Waals surface area contributed by atoms with Crippen LogP contribution in [0, 0.1) is 0 Å². The minimum Gasteiger partial charge on any atom is -0.365 e. The van der Waals surface area contributed by atoms with Crippen molar-refractivity contribution in [2.75, 3.05) is 12.4 Å². The Morgan fingerprint density at radius 1 is 1.43 bits per heavy atom. The quantitative estimate of drug-likeness (QED) is 0.817. The second-order valence-electron chi connectivity index (χ2n) is 2.83. The highest BCUT2D eigenvalue weighted by atomic mass is 32.1. The molecule has 76 valence electrons. The molecule has 0 atom stereocenters. The van der Waals surface area contributed by atoms with E-state index >= 15 is 0 Å². The molecule has 1 heterocycles. The van der Waals surface area contributed by atoms with Crippen LogP contribution in [0.3, 0.4) is 0 Å². The summed E-state index contributed by atoms with van der Waals surface area (Å²) in [6, 6.07) is 0. The van der Waals surface area contributed by atoms with E-state index in [1.54, 1.807) is 11.3 Å². The summed E-state index contributed by atoms with van der Waals surface area (Å²) in [4.78, 5) is 5.66. The molecule has 0 aliphatic rings. The zero-order valence-corrected chi connectivity index (χ0v) is 9.69. The monoisotopic (exact) mass is 208 g/mol. The summed E-state index contributed by atoms with van der Waals surface area (Å²) >= 11 is 1.67. The van der Waals surface area contributed by atoms with Gasteiger partial charge in [-0.25, -0.2) is 4.98 Å². The van der Waals surface area contributed by atoms with Crippen molar-refractivity contribution in [3.8, 4) is 0 Å². The van der Waals surface area contributed by atoms with Gasteiger partial charge in [-0.15, -0.1) is 0 Å². The molecule has 14 heavy (non-hydrogen) atoms. The van der Waals surface area contributed by atoms with E-state index in [-0.39, 0.29) is 0 Å². The van der Waals surface area contributed by atoms with Gasteiger partial charge in [0, 0.05) is 7.05 Å². The van der Waals surface area contributed by atoms with Crippen LogP contribution in [0.15, 0.2) is 12.2 Å². The molecule has 0 radical (unpaired) electrons. The van der Waals surface area contributed by atoms with E-state index in [9.17, 15) is 0 Å². The summed E-state index contributed by atoms with van der Waals surface area (Å²) in [7, 11) is 1.89. The maximum Gasteiger partial charge on any atom is 0.183 e. The summed E-state index contributed by atoms with van der Waals surface area (Å²) < 4.78 is 0. The van der Waals surface area contributed by atoms with Gasteiger partial charge in [0.25, 0.3) is 0 Å². The standard InChI is InChI=1S/C11H16N2S/c1-4-6-8-9-10(7-5-2)14-11(12-3)13-9/h5-8H,4H2,1-3H3,(H,12,13)/b7-5-,8-6-. The lowest BCUT2D eigenvalue weighted by molar-refractivity contribution is 1.23. The van der Waals surface area contributed by atoms with Crippen LogP contribution in [0.2, 0.25) is 0 Å². The van der Waals surface area contributed by atoms with Crippen molar-refractivity contribution >= 4 is 28.6 Å². The number of aromatic nitrogens is 1. The third-order valence-corrected chi connectivity index (χ3v) is 2.78. The predicted molar refractivity (Wildman–Crippen MR) is 65.7 cm³/mol. The van der Waals surface area contributed by atoms with Crippen molar-refractivity contribution in [3.05, 3.63) is 22.7 Å². The molecule has 0 aliphatic heterocycles. The number of rotatable bonds is 4. The molecular formula is C11H16N2S. The molecule has 0 aliphatic carbocycles. The average molecular weight is 208 g/mol. The number of hydrogen-bond acceptors (Lipinski definition) is 3. The molecule has 0 amide bonds. The van der Waals surface area contributed by atoms with Crippen LogP contribution in [0.4, 0.5) is 5.13 Å². The molecular weight excluding hydrogens is 192 g/mol. The predicted octanol–water partition coefficient (Wildman–Crippen LogP) is 3.64. The first-order chi connectivity index (χ1) is 6.81. The summed E-state index contributed by atoms with van der Waals surface area (Å²) in [5.74, 6) is 0. The lowest BCUT2D eigenvalue weighted by atomic mass is 10.3. The fraction of sp³-hybridized carbons (Fsp3) is 0.364. The third-order valence-electron chi connectivity index (χ3n) is 1.72. The van der Waals surface area contributed by atoms with Crippen LogP contribution in [-0.4, -0.2) is 12.0 Å². The van der Waals surface area contributed by atoms with Gasteiger partial charge in [-0.1, -0.05) is 30.4 Å². The molecule has 1 N–H and O–H groups in total. The number of nitrogens with zero attached hydrogens (tertiary/aromatic N) is 1. The second kappa shape index (κ2) is 5.60. The summed E-state index contributed by atoms with van der Waals surface area (Å²) in [6.07, 6.45) is 9.37. The van der Waals surface area contributed by atoms with Crippen molar-refractivity contribution in [1.82, 2.24) is 4.98 Å². The highest BCUT2D eigenvalue weighted by Crippen LogP contribution is 2.25. The van der Waals surface area contributed by atoms with Crippen LogP contribution in [0.5, 0.6) is 0 Å². The van der Waals surface area contributed by atoms with Gasteiger partial charge >= 0.3 is 0 Å². The SMILES string of the molecule is C/C=C\c1sc(NC)nc1/C=C\CC. The Morgan fingerprint density at radius 3 is 2.79 bits per heavy atom. The number of nitrogens with one attached hydrogen (secondary N) is 1. The normalized spacial score (nSPS) is 11.6. The molecule has 2 nitrogen and oxygen atoms in total. The zero-order valence-electron chi connectivity index (χ0n) is 8.87. The number of anilines is 1. The van der Waals surface area contributed by atoms with Gasteiger partial charge in [0.2, 0.25) is 0 Å². The summed E-state index contributed by atoms with van der Waals surface area (Å²) in [5, 5.41) is 4.03. The largest absolute Gasteiger partial charge is 0.365 e. The Morgan fingerprint density at radius 2 is 2.21 bits per heavy atom. The molecule has 0 bridgehead atoms. The third kappa shape index (κ3) is 2.70. The molecule has 0 spiro atoms. The molecule has 0 unspecified atom stereocenters. The van der Waals surface area contributed by atoms with Crippen molar-refractivity contribution < 1.29 is 0 Å². The molecule has 1 aromatic heterocycles. The van der Waals surface area contributed by atoms with E-state index in [0.29, 0.717) is 0 Å². The van der Waals surface area contributed by atoms with Gasteiger partial charge in [0.15, 0.2) is 5.13 Å². The first-order valence-corrected chi connectivity index (χ1v) is 5.61. The van der Waals surface area contributed by atoms with Gasteiger partial charge in [-0.05, 0) is 25.5 Å². The Hall–Kier alpha value is -1.09. The highest BCUT2D eigenvalue weighted by Gasteiger charge is 2.03. The Labute approximate surface area is 89.4 Å². The fourth-order valence-corrected chi connectivity index (χ4v) is 1.95. The van der Waals surface area contributed by atoms with Crippen LogP contribution in [0.25, 0.3) is 12.2 Å². The fourth-order valence-electron chi connectivity index (χ4n) is 1.07. The van der Waals surface area contributed by atoms with E-state index in [2.05, 4.69) is 35.5 Å². The van der Waals surface area contributed by atoms with Gasteiger partial charge in [-0.3, -0.25) is 0 Å². The minimum atomic E-state index is 0.967. The Balaban J connectivity index is 2.99.